The summed E-state index contributed by atoms with van der Waals surface area (Å²) in [5.74, 6) is 0.228. The summed E-state index contributed by atoms with van der Waals surface area (Å²) < 4.78 is 10.1. The van der Waals surface area contributed by atoms with Crippen molar-refractivity contribution in [1.29, 1.82) is 0 Å². The first-order valence-electron chi connectivity index (χ1n) is 4.72. The average molecular weight is 191 g/mol. The Morgan fingerprint density at radius 3 is 2.62 bits per heavy atom. The molecule has 0 saturated heterocycles. The second-order valence-corrected chi connectivity index (χ2v) is 3.03. The van der Waals surface area contributed by atoms with Gasteiger partial charge in [-0.3, -0.25) is 0 Å². The monoisotopic (exact) mass is 191 g/mol. The maximum Gasteiger partial charge on any atom is 0.0700 e. The lowest BCUT2D eigenvalue weighted by Crippen LogP contribution is -2.18. The summed E-state index contributed by atoms with van der Waals surface area (Å²) in [6, 6.07) is 0. The van der Waals surface area contributed by atoms with Crippen molar-refractivity contribution >= 4 is 0 Å². The summed E-state index contributed by atoms with van der Waals surface area (Å²) in [5.41, 5.74) is 5.42. The van der Waals surface area contributed by atoms with Gasteiger partial charge in [-0.1, -0.05) is 0 Å². The largest absolute Gasteiger partial charge is 0.396 e. The second kappa shape index (κ2) is 9.92. The minimum Gasteiger partial charge on any atom is -0.396 e. The van der Waals surface area contributed by atoms with Crippen LogP contribution >= 0.6 is 0 Å². The molecule has 3 N–H and O–H groups in total. The molecule has 0 fully saturated rings. The summed E-state index contributed by atoms with van der Waals surface area (Å²) >= 11 is 0. The van der Waals surface area contributed by atoms with Crippen LogP contribution in [0.3, 0.4) is 0 Å². The predicted octanol–water partition coefficient (Wildman–Crippen LogP) is -0.00320. The Labute approximate surface area is 80.0 Å². The van der Waals surface area contributed by atoms with Crippen molar-refractivity contribution in [2.75, 3.05) is 40.1 Å². The molecule has 0 aliphatic heterocycles. The lowest BCUT2D eigenvalue weighted by molar-refractivity contribution is 0.0659. The first kappa shape index (κ1) is 12.8. The van der Waals surface area contributed by atoms with E-state index in [1.54, 1.807) is 7.11 Å². The highest BCUT2D eigenvalue weighted by molar-refractivity contribution is 4.57. The molecular formula is C9H21NO3. The van der Waals surface area contributed by atoms with Gasteiger partial charge in [0.15, 0.2) is 0 Å². The van der Waals surface area contributed by atoms with Crippen LogP contribution in [-0.4, -0.2) is 45.2 Å². The third kappa shape index (κ3) is 8.18. The number of ether oxygens (including phenoxy) is 2. The Morgan fingerprint density at radius 1 is 1.31 bits per heavy atom. The summed E-state index contributed by atoms with van der Waals surface area (Å²) in [4.78, 5) is 0. The molecule has 4 nitrogen and oxygen atoms in total. The molecule has 0 aromatic heterocycles. The van der Waals surface area contributed by atoms with E-state index in [4.69, 9.17) is 20.3 Å². The number of hydrogen-bond donors (Lipinski definition) is 2. The zero-order valence-electron chi connectivity index (χ0n) is 8.37. The zero-order chi connectivity index (χ0) is 9.94. The molecule has 0 heterocycles. The molecule has 0 rings (SSSR count). The van der Waals surface area contributed by atoms with Crippen molar-refractivity contribution < 1.29 is 14.6 Å². The molecule has 0 amide bonds. The highest BCUT2D eigenvalue weighted by atomic mass is 16.5. The quantitative estimate of drug-likeness (QED) is 0.503. The van der Waals surface area contributed by atoms with Crippen molar-refractivity contribution in [2.45, 2.75) is 12.8 Å². The van der Waals surface area contributed by atoms with E-state index >= 15 is 0 Å². The third-order valence-corrected chi connectivity index (χ3v) is 1.92. The Morgan fingerprint density at radius 2 is 2.08 bits per heavy atom. The van der Waals surface area contributed by atoms with Gasteiger partial charge in [-0.25, -0.2) is 0 Å². The van der Waals surface area contributed by atoms with E-state index in [1.165, 1.54) is 0 Å². The van der Waals surface area contributed by atoms with Crippen LogP contribution in [0.15, 0.2) is 0 Å². The molecule has 80 valence electrons. The minimum absolute atomic E-state index is 0.175. The summed E-state index contributed by atoms with van der Waals surface area (Å²) in [7, 11) is 1.65. The Balaban J connectivity index is 3.05. The van der Waals surface area contributed by atoms with E-state index in [1.807, 2.05) is 0 Å². The second-order valence-electron chi connectivity index (χ2n) is 3.03. The fraction of sp³-hybridized carbons (Fsp3) is 1.00. The van der Waals surface area contributed by atoms with E-state index in [0.29, 0.717) is 19.8 Å². The Kier molecular flexibility index (Phi) is 9.80. The molecule has 0 aromatic rings. The SMILES string of the molecule is COCCOCCCC(CN)CO. The van der Waals surface area contributed by atoms with Crippen molar-refractivity contribution in [2.24, 2.45) is 11.7 Å². The normalized spacial score (nSPS) is 13.2. The van der Waals surface area contributed by atoms with E-state index < -0.39 is 0 Å². The van der Waals surface area contributed by atoms with Gasteiger partial charge < -0.3 is 20.3 Å². The van der Waals surface area contributed by atoms with Crippen LogP contribution in [0.4, 0.5) is 0 Å². The molecule has 0 saturated carbocycles. The molecule has 1 atom stereocenters. The molecule has 0 aromatic carbocycles. The molecule has 1 unspecified atom stereocenters. The summed E-state index contributed by atoms with van der Waals surface area (Å²) in [5, 5.41) is 8.83. The van der Waals surface area contributed by atoms with Gasteiger partial charge in [-0.05, 0) is 25.3 Å². The number of hydrogen-bond acceptors (Lipinski definition) is 4. The van der Waals surface area contributed by atoms with Crippen LogP contribution in [0.25, 0.3) is 0 Å². The van der Waals surface area contributed by atoms with Gasteiger partial charge >= 0.3 is 0 Å². The van der Waals surface area contributed by atoms with Crippen molar-refractivity contribution in [3.63, 3.8) is 0 Å². The molecule has 0 bridgehead atoms. The third-order valence-electron chi connectivity index (χ3n) is 1.92. The number of methoxy groups -OCH3 is 1. The summed E-state index contributed by atoms with van der Waals surface area (Å²) in [6.45, 7) is 2.73. The number of aliphatic hydroxyl groups is 1. The lowest BCUT2D eigenvalue weighted by Gasteiger charge is -2.10. The van der Waals surface area contributed by atoms with Gasteiger partial charge in [0.25, 0.3) is 0 Å². The fourth-order valence-electron chi connectivity index (χ4n) is 1.00. The number of nitrogens with two attached hydrogens (primary N) is 1. The van der Waals surface area contributed by atoms with E-state index in [2.05, 4.69) is 0 Å². The highest BCUT2D eigenvalue weighted by Gasteiger charge is 2.03. The van der Waals surface area contributed by atoms with Gasteiger partial charge in [0.2, 0.25) is 0 Å². The first-order chi connectivity index (χ1) is 6.35. The predicted molar refractivity (Wildman–Crippen MR) is 51.6 cm³/mol. The van der Waals surface area contributed by atoms with Crippen molar-refractivity contribution in [1.82, 2.24) is 0 Å². The highest BCUT2D eigenvalue weighted by Crippen LogP contribution is 2.03. The van der Waals surface area contributed by atoms with Crippen LogP contribution in [0.1, 0.15) is 12.8 Å². The number of aliphatic hydroxyl groups excluding tert-OH is 1. The minimum atomic E-state index is 0.175. The van der Waals surface area contributed by atoms with Gasteiger partial charge in [-0.15, -0.1) is 0 Å². The lowest BCUT2D eigenvalue weighted by atomic mass is 10.1. The average Bonchev–Trinajstić information content (AvgIpc) is 2.17. The molecule has 0 aliphatic rings. The molecule has 4 heteroatoms. The molecular weight excluding hydrogens is 170 g/mol. The standard InChI is InChI=1S/C9H21NO3/c1-12-5-6-13-4-2-3-9(7-10)8-11/h9,11H,2-8,10H2,1H3. The topological polar surface area (TPSA) is 64.7 Å². The molecule has 0 aliphatic carbocycles. The van der Waals surface area contributed by atoms with Gasteiger partial charge in [0, 0.05) is 20.3 Å². The first-order valence-corrected chi connectivity index (χ1v) is 4.72. The van der Waals surface area contributed by atoms with Gasteiger partial charge in [0.1, 0.15) is 0 Å². The Bertz CT molecular complexity index is 96.9. The van der Waals surface area contributed by atoms with Crippen molar-refractivity contribution in [3.05, 3.63) is 0 Å². The summed E-state index contributed by atoms with van der Waals surface area (Å²) in [6.07, 6.45) is 1.88. The molecule has 0 radical (unpaired) electrons. The van der Waals surface area contributed by atoms with Crippen LogP contribution in [0.2, 0.25) is 0 Å². The maximum absolute atomic E-state index is 8.83. The zero-order valence-corrected chi connectivity index (χ0v) is 8.37. The maximum atomic E-state index is 8.83. The van der Waals surface area contributed by atoms with E-state index in [-0.39, 0.29) is 12.5 Å². The smallest absolute Gasteiger partial charge is 0.0700 e. The van der Waals surface area contributed by atoms with Crippen LogP contribution in [0, 0.1) is 5.92 Å². The Hall–Kier alpha value is -0.160. The van der Waals surface area contributed by atoms with E-state index in [0.717, 1.165) is 19.4 Å². The van der Waals surface area contributed by atoms with Crippen LogP contribution in [-0.2, 0) is 9.47 Å². The van der Waals surface area contributed by atoms with Gasteiger partial charge in [0.05, 0.1) is 13.2 Å². The number of rotatable bonds is 9. The van der Waals surface area contributed by atoms with Gasteiger partial charge in [-0.2, -0.15) is 0 Å². The fourth-order valence-corrected chi connectivity index (χ4v) is 1.00. The van der Waals surface area contributed by atoms with E-state index in [9.17, 15) is 0 Å². The van der Waals surface area contributed by atoms with Crippen LogP contribution in [0.5, 0.6) is 0 Å². The molecule has 13 heavy (non-hydrogen) atoms. The van der Waals surface area contributed by atoms with Crippen molar-refractivity contribution in [3.8, 4) is 0 Å². The molecule has 0 spiro atoms. The van der Waals surface area contributed by atoms with Crippen LogP contribution < -0.4 is 5.73 Å².